The highest BCUT2D eigenvalue weighted by molar-refractivity contribution is 7.98. The molecule has 38 heavy (non-hydrogen) atoms. The van der Waals surface area contributed by atoms with Crippen molar-refractivity contribution in [2.45, 2.75) is 72.8 Å². The maximum atomic E-state index is 14.8. The van der Waals surface area contributed by atoms with Crippen molar-refractivity contribution in [1.29, 1.82) is 5.26 Å². The molecule has 0 unspecified atom stereocenters. The Kier molecular flexibility index (Phi) is 10.2. The summed E-state index contributed by atoms with van der Waals surface area (Å²) in [5.74, 6) is -0.569. The van der Waals surface area contributed by atoms with E-state index in [-0.39, 0.29) is 28.7 Å². The van der Waals surface area contributed by atoms with Gasteiger partial charge in [-0.2, -0.15) is 5.26 Å². The van der Waals surface area contributed by atoms with E-state index in [0.717, 1.165) is 32.2 Å². The first-order valence-corrected chi connectivity index (χ1v) is 14.2. The van der Waals surface area contributed by atoms with Crippen LogP contribution in [0.15, 0.2) is 41.5 Å². The van der Waals surface area contributed by atoms with Crippen LogP contribution in [0.3, 0.4) is 0 Å². The molecule has 0 amide bonds. The Morgan fingerprint density at radius 3 is 2.63 bits per heavy atom. The highest BCUT2D eigenvalue weighted by Crippen LogP contribution is 2.53. The van der Waals surface area contributed by atoms with E-state index >= 15 is 0 Å². The Labute approximate surface area is 229 Å². The molecule has 0 bridgehead atoms. The topological polar surface area (TPSA) is 83.2 Å². The van der Waals surface area contributed by atoms with Crippen molar-refractivity contribution in [3.63, 3.8) is 0 Å². The molecule has 1 aromatic heterocycles. The van der Waals surface area contributed by atoms with Gasteiger partial charge in [-0.1, -0.05) is 47.5 Å². The smallest absolute Gasteiger partial charge is 0.261 e. The van der Waals surface area contributed by atoms with E-state index in [1.165, 1.54) is 30.7 Å². The summed E-state index contributed by atoms with van der Waals surface area (Å²) in [4.78, 5) is 17.9. The van der Waals surface area contributed by atoms with Gasteiger partial charge in [0.15, 0.2) is 11.6 Å². The second-order valence-electron chi connectivity index (χ2n) is 9.45. The normalized spacial score (nSPS) is 18.3. The van der Waals surface area contributed by atoms with Gasteiger partial charge in [-0.25, -0.2) is 13.7 Å². The Hall–Kier alpha value is -3.09. The molecule has 1 aliphatic rings. The quantitative estimate of drug-likeness (QED) is 0.265. The van der Waals surface area contributed by atoms with Crippen LogP contribution < -0.4 is 15.0 Å². The first kappa shape index (κ1) is 29.5. The molecular formula is C29H38FN5O2S. The summed E-state index contributed by atoms with van der Waals surface area (Å²) in [5.41, 5.74) is 1.23. The number of nitrogens with one attached hydrogen (secondary N) is 1. The number of fused-ring (bicyclic) bond motifs is 1. The largest absolute Gasteiger partial charge is 0.453 e. The number of ether oxygens (including phenoxy) is 1. The van der Waals surface area contributed by atoms with Gasteiger partial charge < -0.3 is 9.46 Å². The van der Waals surface area contributed by atoms with Crippen molar-refractivity contribution in [2.75, 3.05) is 18.3 Å². The Bertz CT molecular complexity index is 1350. The zero-order valence-electron chi connectivity index (χ0n) is 23.2. The molecule has 4 rings (SSSR count). The van der Waals surface area contributed by atoms with Crippen molar-refractivity contribution < 1.29 is 9.13 Å². The molecule has 1 N–H and O–H groups in total. The van der Waals surface area contributed by atoms with Crippen molar-refractivity contribution in [3.8, 4) is 17.6 Å². The summed E-state index contributed by atoms with van der Waals surface area (Å²) >= 11 is 1.30. The monoisotopic (exact) mass is 539 g/mol. The molecule has 9 heteroatoms. The van der Waals surface area contributed by atoms with Crippen LogP contribution in [0.25, 0.3) is 10.9 Å². The SMILES string of the molecule is CC.CCCC1(CC)CC(n2cnc3ccc(Oc4c(F)ccc(NSN(C)CC)c4C#N)cc3c2=O)C1. The lowest BCUT2D eigenvalue weighted by Crippen LogP contribution is -2.41. The number of nitriles is 1. The van der Waals surface area contributed by atoms with E-state index < -0.39 is 5.82 Å². The molecule has 1 fully saturated rings. The molecular weight excluding hydrogens is 501 g/mol. The molecule has 0 spiro atoms. The van der Waals surface area contributed by atoms with E-state index in [0.29, 0.717) is 22.0 Å². The third kappa shape index (κ3) is 6.13. The van der Waals surface area contributed by atoms with Crippen LogP contribution in [0.4, 0.5) is 10.1 Å². The minimum absolute atomic E-state index is 0.0528. The molecule has 0 saturated heterocycles. The minimum atomic E-state index is -0.657. The Morgan fingerprint density at radius 2 is 2.00 bits per heavy atom. The van der Waals surface area contributed by atoms with Crippen LogP contribution >= 0.6 is 12.1 Å². The predicted octanol–water partition coefficient (Wildman–Crippen LogP) is 7.68. The number of nitrogens with zero attached hydrogens (tertiary/aromatic N) is 4. The van der Waals surface area contributed by atoms with Gasteiger partial charge in [-0.05, 0) is 62.1 Å². The average Bonchev–Trinajstić information content (AvgIpc) is 2.92. The van der Waals surface area contributed by atoms with Crippen molar-refractivity contribution in [2.24, 2.45) is 5.41 Å². The van der Waals surface area contributed by atoms with Gasteiger partial charge in [-0.15, -0.1) is 0 Å². The summed E-state index contributed by atoms with van der Waals surface area (Å²) in [7, 11) is 1.90. The number of benzene rings is 2. The summed E-state index contributed by atoms with van der Waals surface area (Å²) in [6.07, 6.45) is 7.00. The number of rotatable bonds is 10. The van der Waals surface area contributed by atoms with Crippen molar-refractivity contribution in [1.82, 2.24) is 13.9 Å². The summed E-state index contributed by atoms with van der Waals surface area (Å²) in [6, 6.07) is 9.84. The molecule has 0 atom stereocenters. The number of aromatic nitrogens is 2. The van der Waals surface area contributed by atoms with Crippen molar-refractivity contribution in [3.05, 3.63) is 58.4 Å². The average molecular weight is 540 g/mol. The molecule has 1 heterocycles. The molecule has 0 aliphatic heterocycles. The van der Waals surface area contributed by atoms with Crippen LogP contribution in [0.2, 0.25) is 0 Å². The summed E-state index contributed by atoms with van der Waals surface area (Å²) in [5, 5.41) is 10.2. The second-order valence-corrected chi connectivity index (χ2v) is 10.5. The van der Waals surface area contributed by atoms with Crippen LogP contribution in [0.1, 0.15) is 78.3 Å². The van der Waals surface area contributed by atoms with Crippen molar-refractivity contribution >= 4 is 28.7 Å². The van der Waals surface area contributed by atoms with Gasteiger partial charge in [0.05, 0.1) is 22.9 Å². The van der Waals surface area contributed by atoms with Crippen LogP contribution in [-0.2, 0) is 0 Å². The van der Waals surface area contributed by atoms with Crippen LogP contribution in [0.5, 0.6) is 11.5 Å². The van der Waals surface area contributed by atoms with Crippen LogP contribution in [0, 0.1) is 22.6 Å². The molecule has 7 nitrogen and oxygen atoms in total. The highest BCUT2D eigenvalue weighted by Gasteiger charge is 2.43. The zero-order chi connectivity index (χ0) is 27.9. The lowest BCUT2D eigenvalue weighted by molar-refractivity contribution is 0.0447. The molecule has 1 aliphatic carbocycles. The van der Waals surface area contributed by atoms with E-state index in [1.807, 2.05) is 38.2 Å². The molecule has 204 valence electrons. The first-order valence-electron chi connectivity index (χ1n) is 13.4. The highest BCUT2D eigenvalue weighted by atomic mass is 32.2. The third-order valence-corrected chi connectivity index (χ3v) is 8.09. The fraction of sp³-hybridized carbons (Fsp3) is 0.483. The van der Waals surface area contributed by atoms with Gasteiger partial charge in [0, 0.05) is 24.7 Å². The van der Waals surface area contributed by atoms with E-state index in [4.69, 9.17) is 4.74 Å². The van der Waals surface area contributed by atoms with Crippen LogP contribution in [-0.4, -0.2) is 27.4 Å². The standard InChI is InChI=1S/C27H32FN5O2S.C2H6/c1-5-12-27(6-2)14-18(15-27)33-17-30-23-10-8-19(13-20(23)26(33)34)35-25-21(16-29)24(11-9-22(25)28)31-36-32(4)7-3;1-2/h8-11,13,17-18,31H,5-7,12,14-15H2,1-4H3;1-2H3. The zero-order valence-corrected chi connectivity index (χ0v) is 24.0. The number of hydrogen-bond donors (Lipinski definition) is 1. The Balaban J connectivity index is 0.00000195. The maximum absolute atomic E-state index is 14.8. The van der Waals surface area contributed by atoms with Gasteiger partial charge >= 0.3 is 0 Å². The van der Waals surface area contributed by atoms with E-state index in [2.05, 4.69) is 23.6 Å². The maximum Gasteiger partial charge on any atom is 0.261 e. The number of anilines is 1. The summed E-state index contributed by atoms with van der Waals surface area (Å²) in [6.45, 7) is 11.2. The second kappa shape index (κ2) is 13.1. The first-order chi connectivity index (χ1) is 18.3. The van der Waals surface area contributed by atoms with Gasteiger partial charge in [-0.3, -0.25) is 9.36 Å². The molecule has 2 aromatic carbocycles. The number of hydrogen-bond acceptors (Lipinski definition) is 7. The fourth-order valence-electron chi connectivity index (χ4n) is 4.94. The molecule has 1 saturated carbocycles. The molecule has 0 radical (unpaired) electrons. The third-order valence-electron chi connectivity index (χ3n) is 7.21. The Morgan fingerprint density at radius 1 is 1.26 bits per heavy atom. The van der Waals surface area contributed by atoms with Gasteiger partial charge in [0.2, 0.25) is 0 Å². The van der Waals surface area contributed by atoms with E-state index in [9.17, 15) is 14.4 Å². The van der Waals surface area contributed by atoms with Gasteiger partial charge in [0.25, 0.3) is 5.56 Å². The number of halogens is 1. The molecule has 3 aromatic rings. The van der Waals surface area contributed by atoms with E-state index in [1.54, 1.807) is 29.1 Å². The summed E-state index contributed by atoms with van der Waals surface area (Å²) < 4.78 is 27.3. The minimum Gasteiger partial charge on any atom is -0.453 e. The lowest BCUT2D eigenvalue weighted by atomic mass is 9.61. The fourth-order valence-corrected chi connectivity index (χ4v) is 5.49. The van der Waals surface area contributed by atoms with Gasteiger partial charge in [0.1, 0.15) is 17.4 Å². The lowest BCUT2D eigenvalue weighted by Gasteiger charge is -2.48. The predicted molar refractivity (Wildman–Crippen MR) is 154 cm³/mol.